The predicted molar refractivity (Wildman–Crippen MR) is 113 cm³/mol. The van der Waals surface area contributed by atoms with E-state index in [1.165, 1.54) is 0 Å². The maximum absolute atomic E-state index is 6.47. The Labute approximate surface area is 183 Å². The lowest BCUT2D eigenvalue weighted by atomic mass is 9.98. The van der Waals surface area contributed by atoms with Crippen LogP contribution in [0.15, 0.2) is 60.7 Å². The minimum atomic E-state index is -0.734. The van der Waals surface area contributed by atoms with Crippen molar-refractivity contribution in [3.05, 3.63) is 71.8 Å². The highest BCUT2D eigenvalue weighted by molar-refractivity contribution is 5.29. The van der Waals surface area contributed by atoms with Gasteiger partial charge in [-0.05, 0) is 38.8 Å². The van der Waals surface area contributed by atoms with E-state index in [1.807, 2.05) is 64.1 Å². The van der Waals surface area contributed by atoms with Gasteiger partial charge in [-0.15, -0.1) is 0 Å². The summed E-state index contributed by atoms with van der Waals surface area (Å²) < 4.78 is 37.3. The van der Waals surface area contributed by atoms with Gasteiger partial charge in [0.15, 0.2) is 17.9 Å². The molecule has 0 aliphatic carbocycles. The quantitative estimate of drug-likeness (QED) is 0.715. The molecule has 6 nitrogen and oxygen atoms in total. The summed E-state index contributed by atoms with van der Waals surface area (Å²) in [5.74, 6) is -1.46. The molecule has 0 amide bonds. The van der Waals surface area contributed by atoms with E-state index in [1.54, 1.807) is 0 Å². The molecule has 0 N–H and O–H groups in total. The van der Waals surface area contributed by atoms with Crippen LogP contribution in [0.25, 0.3) is 0 Å². The Bertz CT molecular complexity index is 844. The van der Waals surface area contributed by atoms with E-state index in [4.69, 9.17) is 28.4 Å². The van der Waals surface area contributed by atoms with Crippen LogP contribution in [-0.2, 0) is 28.4 Å². The molecule has 6 heteroatoms. The highest BCUT2D eigenvalue weighted by Crippen LogP contribution is 2.44. The van der Waals surface area contributed by atoms with Crippen molar-refractivity contribution < 1.29 is 28.4 Å². The first-order valence-electron chi connectivity index (χ1n) is 10.9. The molecule has 3 aliphatic rings. The summed E-state index contributed by atoms with van der Waals surface area (Å²) >= 11 is 0. The van der Waals surface area contributed by atoms with E-state index in [0.717, 1.165) is 11.1 Å². The average molecular weight is 427 g/mol. The number of fused-ring (bicyclic) bond motifs is 3. The average Bonchev–Trinajstić information content (AvgIpc) is 3.24. The zero-order valence-corrected chi connectivity index (χ0v) is 18.4. The molecule has 0 radical (unpaired) electrons. The molecule has 0 saturated carbocycles. The van der Waals surface area contributed by atoms with Crippen molar-refractivity contribution in [2.24, 2.45) is 0 Å². The Kier molecular flexibility index (Phi) is 5.41. The highest BCUT2D eigenvalue weighted by Gasteiger charge is 2.60. The molecule has 0 aromatic heterocycles. The number of hydrogen-bond donors (Lipinski definition) is 0. The van der Waals surface area contributed by atoms with E-state index in [2.05, 4.69) is 24.3 Å². The molecule has 0 spiro atoms. The van der Waals surface area contributed by atoms with Gasteiger partial charge >= 0.3 is 0 Å². The number of hydrogen-bond acceptors (Lipinski definition) is 6. The molecule has 3 saturated heterocycles. The molecule has 0 unspecified atom stereocenters. The van der Waals surface area contributed by atoms with E-state index < -0.39 is 17.9 Å². The summed E-state index contributed by atoms with van der Waals surface area (Å²) in [6.07, 6.45) is -2.00. The Balaban J connectivity index is 1.38. The van der Waals surface area contributed by atoms with Crippen molar-refractivity contribution in [1.29, 1.82) is 0 Å². The van der Waals surface area contributed by atoms with Gasteiger partial charge in [0.25, 0.3) is 0 Å². The fourth-order valence-electron chi connectivity index (χ4n) is 4.66. The smallest absolute Gasteiger partial charge is 0.190 e. The van der Waals surface area contributed by atoms with Crippen molar-refractivity contribution in [3.8, 4) is 0 Å². The van der Waals surface area contributed by atoms with Crippen molar-refractivity contribution in [2.75, 3.05) is 6.61 Å². The summed E-state index contributed by atoms with van der Waals surface area (Å²) in [7, 11) is 0. The van der Waals surface area contributed by atoms with Crippen LogP contribution >= 0.6 is 0 Å². The molecule has 31 heavy (non-hydrogen) atoms. The maximum atomic E-state index is 6.47. The van der Waals surface area contributed by atoms with Gasteiger partial charge in [0.05, 0.1) is 6.61 Å². The topological polar surface area (TPSA) is 55.4 Å². The van der Waals surface area contributed by atoms with Gasteiger partial charge in [0, 0.05) is 0 Å². The number of benzene rings is 2. The normalized spacial score (nSPS) is 33.3. The van der Waals surface area contributed by atoms with Gasteiger partial charge in [-0.3, -0.25) is 0 Å². The van der Waals surface area contributed by atoms with Crippen LogP contribution < -0.4 is 0 Å². The second-order valence-corrected chi connectivity index (χ2v) is 9.24. The van der Waals surface area contributed by atoms with Gasteiger partial charge in [-0.25, -0.2) is 0 Å². The number of ether oxygens (including phenoxy) is 6. The van der Waals surface area contributed by atoms with Crippen LogP contribution in [0, 0.1) is 0 Å². The third kappa shape index (κ3) is 4.29. The lowest BCUT2D eigenvalue weighted by Crippen LogP contribution is -2.56. The predicted octanol–water partition coefficient (Wildman–Crippen LogP) is 4.19. The lowest BCUT2D eigenvalue weighted by Gasteiger charge is -2.37. The molecule has 0 bridgehead atoms. The first-order chi connectivity index (χ1) is 14.8. The highest BCUT2D eigenvalue weighted by atomic mass is 16.9. The summed E-state index contributed by atoms with van der Waals surface area (Å²) in [5, 5.41) is 0. The van der Waals surface area contributed by atoms with Crippen molar-refractivity contribution in [3.63, 3.8) is 0 Å². The van der Waals surface area contributed by atoms with Crippen LogP contribution in [0.3, 0.4) is 0 Å². The minimum absolute atomic E-state index is 0.213. The van der Waals surface area contributed by atoms with E-state index in [-0.39, 0.29) is 30.5 Å². The van der Waals surface area contributed by atoms with Gasteiger partial charge in [-0.1, -0.05) is 60.7 Å². The molecule has 3 aliphatic heterocycles. The Morgan fingerprint density at radius 2 is 1.23 bits per heavy atom. The number of rotatable bonds is 5. The standard InChI is InChI=1S/C25H30O6/c1-24(2)28-20-18(27-23-22(21(20)29-24)30-25(3,4)31-23)15-26-19(16-11-7-5-8-12-16)17-13-9-6-10-14-17/h5-14,18-23H,15H2,1-4H3/t18-,20+,21+,22+,23+/m1/s1. The zero-order chi connectivity index (χ0) is 21.6. The SMILES string of the molecule is CC1(C)O[C@@H]2O[C@H](COC(c3ccccc3)c3ccccc3)[C@@H]3OC(C)(C)O[C@@H]3[C@@H]2O1. The third-order valence-electron chi connectivity index (χ3n) is 5.88. The summed E-state index contributed by atoms with van der Waals surface area (Å²) in [6.45, 7) is 7.93. The summed E-state index contributed by atoms with van der Waals surface area (Å²) in [5.41, 5.74) is 2.17. The Morgan fingerprint density at radius 3 is 1.84 bits per heavy atom. The van der Waals surface area contributed by atoms with E-state index >= 15 is 0 Å². The van der Waals surface area contributed by atoms with Crippen LogP contribution in [-0.4, -0.2) is 48.9 Å². The molecule has 5 rings (SSSR count). The van der Waals surface area contributed by atoms with Gasteiger partial charge < -0.3 is 28.4 Å². The molecule has 3 fully saturated rings. The largest absolute Gasteiger partial charge is 0.366 e. The van der Waals surface area contributed by atoms with Crippen molar-refractivity contribution >= 4 is 0 Å². The molecule has 5 atom stereocenters. The van der Waals surface area contributed by atoms with Crippen LogP contribution in [0.4, 0.5) is 0 Å². The Morgan fingerprint density at radius 1 is 0.710 bits per heavy atom. The molecule has 2 aromatic carbocycles. The fourth-order valence-corrected chi connectivity index (χ4v) is 4.66. The minimum Gasteiger partial charge on any atom is -0.366 e. The Hall–Kier alpha value is -1.80. The fraction of sp³-hybridized carbons (Fsp3) is 0.520. The van der Waals surface area contributed by atoms with E-state index in [9.17, 15) is 0 Å². The summed E-state index contributed by atoms with van der Waals surface area (Å²) in [4.78, 5) is 0. The van der Waals surface area contributed by atoms with Gasteiger partial charge in [-0.2, -0.15) is 0 Å². The molecule has 3 heterocycles. The maximum Gasteiger partial charge on any atom is 0.190 e. The van der Waals surface area contributed by atoms with E-state index in [0.29, 0.717) is 6.61 Å². The molecule has 166 valence electrons. The second kappa shape index (κ2) is 7.96. The molecule has 2 aromatic rings. The van der Waals surface area contributed by atoms with Crippen LogP contribution in [0.2, 0.25) is 0 Å². The zero-order valence-electron chi connectivity index (χ0n) is 18.4. The van der Waals surface area contributed by atoms with Crippen LogP contribution in [0.1, 0.15) is 44.9 Å². The molecular formula is C25H30O6. The van der Waals surface area contributed by atoms with Crippen molar-refractivity contribution in [1.82, 2.24) is 0 Å². The molecular weight excluding hydrogens is 396 g/mol. The third-order valence-corrected chi connectivity index (χ3v) is 5.88. The summed E-state index contributed by atoms with van der Waals surface area (Å²) in [6, 6.07) is 20.4. The second-order valence-electron chi connectivity index (χ2n) is 9.24. The van der Waals surface area contributed by atoms with Gasteiger partial charge in [0.1, 0.15) is 30.5 Å². The first-order valence-corrected chi connectivity index (χ1v) is 10.9. The van der Waals surface area contributed by atoms with Crippen molar-refractivity contribution in [2.45, 2.75) is 76.1 Å². The first kappa shape index (κ1) is 21.1. The lowest BCUT2D eigenvalue weighted by molar-refractivity contribution is -0.244. The monoisotopic (exact) mass is 426 g/mol. The van der Waals surface area contributed by atoms with Gasteiger partial charge in [0.2, 0.25) is 0 Å². The van der Waals surface area contributed by atoms with Crippen LogP contribution in [0.5, 0.6) is 0 Å².